The molecule has 0 aromatic heterocycles. The highest BCUT2D eigenvalue weighted by atomic mass is 16.6. The molecular weight excluding hydrogens is 340 g/mol. The Morgan fingerprint density at radius 1 is 0.962 bits per heavy atom. The lowest BCUT2D eigenvalue weighted by Crippen LogP contribution is -2.38. The van der Waals surface area contributed by atoms with Crippen molar-refractivity contribution >= 4 is 17.8 Å². The number of nitrogens with zero attached hydrogens (tertiary/aromatic N) is 1. The van der Waals surface area contributed by atoms with Crippen LogP contribution in [0.15, 0.2) is 23.2 Å². The number of rotatable bonds is 8. The van der Waals surface area contributed by atoms with Gasteiger partial charge in [-0.3, -0.25) is 5.41 Å². The summed E-state index contributed by atoms with van der Waals surface area (Å²) in [6, 6.07) is 0. The fraction of sp³-hybridized carbons (Fsp3) is 0.611. The van der Waals surface area contributed by atoms with Gasteiger partial charge in [-0.1, -0.05) is 0 Å². The summed E-state index contributed by atoms with van der Waals surface area (Å²) in [5.41, 5.74) is -0.443. The summed E-state index contributed by atoms with van der Waals surface area (Å²) in [6.45, 7) is 6.55. The van der Waals surface area contributed by atoms with Crippen molar-refractivity contribution in [2.24, 2.45) is 0 Å². The summed E-state index contributed by atoms with van der Waals surface area (Å²) in [6.07, 6.45) is 4.02. The van der Waals surface area contributed by atoms with Crippen molar-refractivity contribution in [3.63, 3.8) is 0 Å². The van der Waals surface area contributed by atoms with Crippen molar-refractivity contribution in [3.8, 4) is 0 Å². The zero-order valence-corrected chi connectivity index (χ0v) is 15.7. The van der Waals surface area contributed by atoms with Gasteiger partial charge in [0.05, 0.1) is 19.8 Å². The second-order valence-corrected chi connectivity index (χ2v) is 5.55. The van der Waals surface area contributed by atoms with Gasteiger partial charge in [-0.25, -0.2) is 9.59 Å². The van der Waals surface area contributed by atoms with Crippen LogP contribution in [0.2, 0.25) is 0 Å². The maximum atomic E-state index is 12.4. The van der Waals surface area contributed by atoms with E-state index in [1.807, 2.05) is 0 Å². The van der Waals surface area contributed by atoms with Crippen molar-refractivity contribution in [1.29, 1.82) is 5.41 Å². The molecule has 1 saturated heterocycles. The van der Waals surface area contributed by atoms with Gasteiger partial charge in [-0.15, -0.1) is 0 Å². The number of esters is 2. The van der Waals surface area contributed by atoms with Gasteiger partial charge in [0.2, 0.25) is 0 Å². The zero-order chi connectivity index (χ0) is 19.5. The molecule has 0 aromatic carbocycles. The number of aliphatic hydroxyl groups is 1. The lowest BCUT2D eigenvalue weighted by atomic mass is 10.1. The first-order chi connectivity index (χ1) is 12.5. The maximum absolute atomic E-state index is 12.4. The molecule has 0 spiro atoms. The number of amidine groups is 1. The lowest BCUT2D eigenvalue weighted by molar-refractivity contribution is -0.138. The van der Waals surface area contributed by atoms with E-state index < -0.39 is 17.9 Å². The molecule has 0 aromatic rings. The van der Waals surface area contributed by atoms with E-state index in [2.05, 4.69) is 0 Å². The highest BCUT2D eigenvalue weighted by molar-refractivity contribution is 6.18. The molecule has 8 nitrogen and oxygen atoms in total. The average Bonchev–Trinajstić information content (AvgIpc) is 2.63. The standard InChI is InChI=1S/C18H28N2O6/c1-4-24-16(21)13(15(19)20-10-8-7-9-11-20)12-14(17(22)25-5-2)18(23)26-6-3/h12,19,22H,4-11H2,1-3H3/b13-12-,17-14-,19-15?. The molecule has 0 amide bonds. The quantitative estimate of drug-likeness (QED) is 0.169. The molecular formula is C18H28N2O6. The van der Waals surface area contributed by atoms with Gasteiger partial charge in [0.1, 0.15) is 17.0 Å². The van der Waals surface area contributed by atoms with Crippen molar-refractivity contribution in [3.05, 3.63) is 23.2 Å². The van der Waals surface area contributed by atoms with Crippen LogP contribution in [0.4, 0.5) is 0 Å². The zero-order valence-electron chi connectivity index (χ0n) is 15.7. The van der Waals surface area contributed by atoms with Crippen LogP contribution in [-0.2, 0) is 23.8 Å². The minimum absolute atomic E-state index is 0.0470. The van der Waals surface area contributed by atoms with Crippen LogP contribution in [0.5, 0.6) is 0 Å². The largest absolute Gasteiger partial charge is 0.480 e. The van der Waals surface area contributed by atoms with Gasteiger partial charge in [0.15, 0.2) is 0 Å². The van der Waals surface area contributed by atoms with Gasteiger partial charge in [0, 0.05) is 13.1 Å². The van der Waals surface area contributed by atoms with E-state index >= 15 is 0 Å². The Morgan fingerprint density at radius 3 is 2.04 bits per heavy atom. The smallest absolute Gasteiger partial charge is 0.345 e. The van der Waals surface area contributed by atoms with Crippen LogP contribution in [-0.4, -0.2) is 60.7 Å². The van der Waals surface area contributed by atoms with Crippen molar-refractivity contribution in [2.45, 2.75) is 40.0 Å². The molecule has 0 atom stereocenters. The SMILES string of the molecule is CCOC(=O)/C(=C\C(C(=O)OCC)=C(/O)OCC)C(=N)N1CCCCC1. The predicted molar refractivity (Wildman–Crippen MR) is 95.8 cm³/mol. The van der Waals surface area contributed by atoms with E-state index in [0.717, 1.165) is 25.3 Å². The molecule has 1 aliphatic rings. The Bertz CT molecular complexity index is 576. The Labute approximate surface area is 153 Å². The molecule has 0 radical (unpaired) electrons. The minimum Gasteiger partial charge on any atom is -0.480 e. The second-order valence-electron chi connectivity index (χ2n) is 5.55. The van der Waals surface area contributed by atoms with Crippen LogP contribution in [0.25, 0.3) is 0 Å². The molecule has 0 unspecified atom stereocenters. The third-order valence-corrected chi connectivity index (χ3v) is 3.72. The van der Waals surface area contributed by atoms with E-state index in [1.165, 1.54) is 0 Å². The number of carbonyl (C=O) groups is 2. The van der Waals surface area contributed by atoms with Crippen molar-refractivity contribution < 1.29 is 28.9 Å². The van der Waals surface area contributed by atoms with E-state index in [0.29, 0.717) is 13.1 Å². The number of hydrogen-bond acceptors (Lipinski definition) is 7. The van der Waals surface area contributed by atoms with Gasteiger partial charge >= 0.3 is 11.9 Å². The third-order valence-electron chi connectivity index (χ3n) is 3.72. The summed E-state index contributed by atoms with van der Waals surface area (Å²) >= 11 is 0. The fourth-order valence-electron chi connectivity index (χ4n) is 2.50. The van der Waals surface area contributed by atoms with Crippen LogP contribution in [0, 0.1) is 5.41 Å². The van der Waals surface area contributed by atoms with Crippen molar-refractivity contribution in [1.82, 2.24) is 4.90 Å². The lowest BCUT2D eigenvalue weighted by Gasteiger charge is -2.29. The van der Waals surface area contributed by atoms with Gasteiger partial charge < -0.3 is 24.2 Å². The number of aliphatic hydroxyl groups excluding tert-OH is 1. The summed E-state index contributed by atoms with van der Waals surface area (Å²) in [5.74, 6) is -2.28. The number of ether oxygens (including phenoxy) is 3. The first-order valence-electron chi connectivity index (χ1n) is 8.91. The monoisotopic (exact) mass is 368 g/mol. The summed E-state index contributed by atoms with van der Waals surface area (Å²) in [5, 5.41) is 18.4. The van der Waals surface area contributed by atoms with Crippen LogP contribution >= 0.6 is 0 Å². The van der Waals surface area contributed by atoms with E-state index in [9.17, 15) is 14.7 Å². The number of piperidine rings is 1. The number of hydrogen-bond donors (Lipinski definition) is 2. The Balaban J connectivity index is 3.30. The van der Waals surface area contributed by atoms with Crippen LogP contribution in [0.3, 0.4) is 0 Å². The van der Waals surface area contributed by atoms with Gasteiger partial charge in [-0.05, 0) is 46.1 Å². The number of nitrogens with one attached hydrogen (secondary N) is 1. The minimum atomic E-state index is -0.841. The number of carbonyl (C=O) groups excluding carboxylic acids is 2. The van der Waals surface area contributed by atoms with Crippen LogP contribution < -0.4 is 0 Å². The molecule has 146 valence electrons. The van der Waals surface area contributed by atoms with Gasteiger partial charge in [0.25, 0.3) is 5.95 Å². The third kappa shape index (κ3) is 6.09. The van der Waals surface area contributed by atoms with E-state index in [-0.39, 0.29) is 36.8 Å². The maximum Gasteiger partial charge on any atom is 0.345 e. The molecule has 1 rings (SSSR count). The molecule has 0 saturated carbocycles. The second kappa shape index (κ2) is 11.2. The Kier molecular flexibility index (Phi) is 9.25. The summed E-state index contributed by atoms with van der Waals surface area (Å²) in [7, 11) is 0. The summed E-state index contributed by atoms with van der Waals surface area (Å²) in [4.78, 5) is 26.3. The van der Waals surface area contributed by atoms with Gasteiger partial charge in [-0.2, -0.15) is 0 Å². The first kappa shape index (κ1) is 21.5. The highest BCUT2D eigenvalue weighted by Gasteiger charge is 2.26. The predicted octanol–water partition coefficient (Wildman–Crippen LogP) is 2.31. The van der Waals surface area contributed by atoms with Crippen molar-refractivity contribution in [2.75, 3.05) is 32.9 Å². The first-order valence-corrected chi connectivity index (χ1v) is 8.91. The average molecular weight is 368 g/mol. The molecule has 1 heterocycles. The molecule has 0 bridgehead atoms. The molecule has 1 fully saturated rings. The Morgan fingerprint density at radius 2 is 1.50 bits per heavy atom. The summed E-state index contributed by atoms with van der Waals surface area (Å²) < 4.78 is 14.9. The normalized spacial score (nSPS) is 15.8. The van der Waals surface area contributed by atoms with Crippen LogP contribution in [0.1, 0.15) is 40.0 Å². The number of likely N-dealkylation sites (tertiary alicyclic amines) is 1. The van der Waals surface area contributed by atoms with E-state index in [4.69, 9.17) is 19.6 Å². The molecule has 2 N–H and O–H groups in total. The topological polar surface area (TPSA) is 109 Å². The fourth-order valence-corrected chi connectivity index (χ4v) is 2.50. The molecule has 26 heavy (non-hydrogen) atoms. The molecule has 1 aliphatic heterocycles. The highest BCUT2D eigenvalue weighted by Crippen LogP contribution is 2.17. The molecule has 8 heteroatoms. The molecule has 0 aliphatic carbocycles. The van der Waals surface area contributed by atoms with E-state index in [1.54, 1.807) is 25.7 Å². The Hall–Kier alpha value is -2.51.